The standard InChI is InChI=1S/C15H25NO2/c1-15(13-17,14-8-5-4-6-9-14)12-16(2)10-7-11-18-3/h4-6,8-9,17H,7,10-13H2,1-3H3. The van der Waals surface area contributed by atoms with E-state index in [1.165, 1.54) is 5.56 Å². The number of hydrogen-bond donors (Lipinski definition) is 1. The van der Waals surface area contributed by atoms with Crippen molar-refractivity contribution in [1.29, 1.82) is 0 Å². The molecule has 1 aromatic rings. The van der Waals surface area contributed by atoms with Gasteiger partial charge in [0.05, 0.1) is 6.61 Å². The maximum atomic E-state index is 9.71. The van der Waals surface area contributed by atoms with Crippen molar-refractivity contribution in [3.05, 3.63) is 35.9 Å². The Morgan fingerprint density at radius 1 is 1.28 bits per heavy atom. The monoisotopic (exact) mass is 251 g/mol. The summed E-state index contributed by atoms with van der Waals surface area (Å²) in [5, 5.41) is 9.71. The van der Waals surface area contributed by atoms with E-state index in [-0.39, 0.29) is 12.0 Å². The number of nitrogens with zero attached hydrogens (tertiary/aromatic N) is 1. The van der Waals surface area contributed by atoms with Gasteiger partial charge in [0.15, 0.2) is 0 Å². The molecule has 1 atom stereocenters. The summed E-state index contributed by atoms with van der Waals surface area (Å²) in [5.41, 5.74) is 0.981. The molecule has 1 N–H and O–H groups in total. The molecule has 0 aromatic heterocycles. The molecule has 0 spiro atoms. The molecule has 1 rings (SSSR count). The van der Waals surface area contributed by atoms with Gasteiger partial charge < -0.3 is 14.7 Å². The van der Waals surface area contributed by atoms with Gasteiger partial charge in [-0.1, -0.05) is 37.3 Å². The van der Waals surface area contributed by atoms with E-state index in [1.807, 2.05) is 18.2 Å². The summed E-state index contributed by atoms with van der Waals surface area (Å²) in [6.07, 6.45) is 1.02. The summed E-state index contributed by atoms with van der Waals surface area (Å²) >= 11 is 0. The van der Waals surface area contributed by atoms with Crippen molar-refractivity contribution in [3.8, 4) is 0 Å². The van der Waals surface area contributed by atoms with Crippen molar-refractivity contribution in [3.63, 3.8) is 0 Å². The average Bonchev–Trinajstić information content (AvgIpc) is 2.40. The minimum Gasteiger partial charge on any atom is -0.395 e. The molecule has 0 radical (unpaired) electrons. The fourth-order valence-corrected chi connectivity index (χ4v) is 2.23. The van der Waals surface area contributed by atoms with Crippen molar-refractivity contribution in [2.45, 2.75) is 18.8 Å². The number of hydrogen-bond acceptors (Lipinski definition) is 3. The second-order valence-corrected chi connectivity index (χ2v) is 5.17. The Morgan fingerprint density at radius 3 is 2.50 bits per heavy atom. The number of methoxy groups -OCH3 is 1. The van der Waals surface area contributed by atoms with Crippen LogP contribution in [0.25, 0.3) is 0 Å². The lowest BCUT2D eigenvalue weighted by Crippen LogP contribution is -2.40. The topological polar surface area (TPSA) is 32.7 Å². The first-order valence-electron chi connectivity index (χ1n) is 6.46. The zero-order valence-corrected chi connectivity index (χ0v) is 11.7. The van der Waals surface area contributed by atoms with Crippen LogP contribution in [0.2, 0.25) is 0 Å². The van der Waals surface area contributed by atoms with Gasteiger partial charge in [-0.25, -0.2) is 0 Å². The minimum absolute atomic E-state index is 0.158. The van der Waals surface area contributed by atoms with Crippen molar-refractivity contribution in [2.24, 2.45) is 0 Å². The van der Waals surface area contributed by atoms with Gasteiger partial charge >= 0.3 is 0 Å². The van der Waals surface area contributed by atoms with Crippen LogP contribution in [0.4, 0.5) is 0 Å². The Hall–Kier alpha value is -0.900. The van der Waals surface area contributed by atoms with E-state index in [0.717, 1.165) is 26.1 Å². The lowest BCUT2D eigenvalue weighted by molar-refractivity contribution is 0.143. The number of aliphatic hydroxyl groups excluding tert-OH is 1. The molecule has 0 saturated heterocycles. The molecule has 1 aromatic carbocycles. The molecule has 102 valence electrons. The summed E-state index contributed by atoms with van der Waals surface area (Å²) < 4.78 is 5.06. The van der Waals surface area contributed by atoms with Gasteiger partial charge in [0.25, 0.3) is 0 Å². The molecule has 0 aliphatic rings. The summed E-state index contributed by atoms with van der Waals surface area (Å²) in [7, 11) is 3.81. The van der Waals surface area contributed by atoms with Crippen LogP contribution in [0.3, 0.4) is 0 Å². The summed E-state index contributed by atoms with van der Waals surface area (Å²) in [5.74, 6) is 0. The van der Waals surface area contributed by atoms with Gasteiger partial charge in [-0.3, -0.25) is 0 Å². The van der Waals surface area contributed by atoms with Gasteiger partial charge in [-0.05, 0) is 19.0 Å². The molecule has 3 heteroatoms. The Morgan fingerprint density at radius 2 is 1.94 bits per heavy atom. The van der Waals surface area contributed by atoms with Crippen LogP contribution in [-0.4, -0.2) is 50.5 Å². The Labute approximate surface area is 110 Å². The molecule has 0 fully saturated rings. The predicted octanol–water partition coefficient (Wildman–Crippen LogP) is 1.90. The lowest BCUT2D eigenvalue weighted by Gasteiger charge is -2.32. The van der Waals surface area contributed by atoms with E-state index >= 15 is 0 Å². The Kier molecular flexibility index (Phi) is 6.33. The van der Waals surface area contributed by atoms with E-state index in [2.05, 4.69) is 31.0 Å². The number of likely N-dealkylation sites (N-methyl/N-ethyl adjacent to an activating group) is 1. The zero-order valence-electron chi connectivity index (χ0n) is 11.7. The van der Waals surface area contributed by atoms with E-state index in [4.69, 9.17) is 4.74 Å². The maximum Gasteiger partial charge on any atom is 0.0537 e. The highest BCUT2D eigenvalue weighted by molar-refractivity contribution is 5.25. The van der Waals surface area contributed by atoms with Crippen LogP contribution in [0.15, 0.2) is 30.3 Å². The first-order valence-corrected chi connectivity index (χ1v) is 6.46. The smallest absolute Gasteiger partial charge is 0.0537 e. The third-order valence-electron chi connectivity index (χ3n) is 3.33. The van der Waals surface area contributed by atoms with Gasteiger partial charge in [-0.15, -0.1) is 0 Å². The Bertz CT molecular complexity index is 329. The molecular weight excluding hydrogens is 226 g/mol. The zero-order chi connectivity index (χ0) is 13.4. The van der Waals surface area contributed by atoms with Crippen LogP contribution in [-0.2, 0) is 10.2 Å². The molecule has 1 unspecified atom stereocenters. The summed E-state index contributed by atoms with van der Waals surface area (Å²) in [4.78, 5) is 2.25. The quantitative estimate of drug-likeness (QED) is 0.716. The second-order valence-electron chi connectivity index (χ2n) is 5.17. The maximum absolute atomic E-state index is 9.71. The molecule has 0 heterocycles. The van der Waals surface area contributed by atoms with Crippen LogP contribution in [0, 0.1) is 0 Å². The molecule has 0 amide bonds. The molecule has 0 aliphatic carbocycles. The molecule has 0 bridgehead atoms. The van der Waals surface area contributed by atoms with E-state index in [1.54, 1.807) is 7.11 Å². The van der Waals surface area contributed by atoms with Gasteiger partial charge in [0.1, 0.15) is 0 Å². The average molecular weight is 251 g/mol. The highest BCUT2D eigenvalue weighted by Gasteiger charge is 2.27. The van der Waals surface area contributed by atoms with Crippen molar-refractivity contribution < 1.29 is 9.84 Å². The summed E-state index contributed by atoms with van der Waals surface area (Å²) in [6.45, 7) is 4.87. The highest BCUT2D eigenvalue weighted by atomic mass is 16.5. The molecule has 0 saturated carbocycles. The van der Waals surface area contributed by atoms with Crippen molar-refractivity contribution in [1.82, 2.24) is 4.90 Å². The first-order chi connectivity index (χ1) is 8.62. The second kappa shape index (κ2) is 7.52. The largest absolute Gasteiger partial charge is 0.395 e. The predicted molar refractivity (Wildman–Crippen MR) is 74.9 cm³/mol. The van der Waals surface area contributed by atoms with Gasteiger partial charge in [0.2, 0.25) is 0 Å². The molecule has 3 nitrogen and oxygen atoms in total. The van der Waals surface area contributed by atoms with Crippen LogP contribution >= 0.6 is 0 Å². The van der Waals surface area contributed by atoms with E-state index < -0.39 is 0 Å². The van der Waals surface area contributed by atoms with Crippen LogP contribution < -0.4 is 0 Å². The fraction of sp³-hybridized carbons (Fsp3) is 0.600. The van der Waals surface area contributed by atoms with E-state index in [9.17, 15) is 5.11 Å². The minimum atomic E-state index is -0.205. The molecule has 18 heavy (non-hydrogen) atoms. The van der Waals surface area contributed by atoms with E-state index in [0.29, 0.717) is 0 Å². The third-order valence-corrected chi connectivity index (χ3v) is 3.33. The third kappa shape index (κ3) is 4.41. The molecule has 0 aliphatic heterocycles. The number of rotatable bonds is 8. The van der Waals surface area contributed by atoms with Crippen LogP contribution in [0.5, 0.6) is 0 Å². The Balaban J connectivity index is 2.60. The number of benzene rings is 1. The first kappa shape index (κ1) is 15.2. The normalized spacial score (nSPS) is 14.7. The van der Waals surface area contributed by atoms with Crippen molar-refractivity contribution in [2.75, 3.05) is 40.5 Å². The highest BCUT2D eigenvalue weighted by Crippen LogP contribution is 2.23. The van der Waals surface area contributed by atoms with Gasteiger partial charge in [0, 0.05) is 32.2 Å². The van der Waals surface area contributed by atoms with Gasteiger partial charge in [-0.2, -0.15) is 0 Å². The summed E-state index contributed by atoms with van der Waals surface area (Å²) in [6, 6.07) is 10.2. The number of aliphatic hydroxyl groups is 1. The number of ether oxygens (including phenoxy) is 1. The van der Waals surface area contributed by atoms with Crippen LogP contribution in [0.1, 0.15) is 18.9 Å². The van der Waals surface area contributed by atoms with Crippen molar-refractivity contribution >= 4 is 0 Å². The lowest BCUT2D eigenvalue weighted by atomic mass is 9.83. The molecular formula is C15H25NO2. The SMILES string of the molecule is COCCCN(C)CC(C)(CO)c1ccccc1. The fourth-order valence-electron chi connectivity index (χ4n) is 2.23.